The van der Waals surface area contributed by atoms with Crippen molar-refractivity contribution < 1.29 is 34.7 Å². The van der Waals surface area contributed by atoms with E-state index >= 15 is 0 Å². The second kappa shape index (κ2) is 5.18. The summed E-state index contributed by atoms with van der Waals surface area (Å²) in [6.45, 7) is 0. The van der Waals surface area contributed by atoms with Crippen LogP contribution in [-0.4, -0.2) is 20.2 Å². The zero-order chi connectivity index (χ0) is 9.30. The van der Waals surface area contributed by atoms with Gasteiger partial charge < -0.3 is 0 Å². The van der Waals surface area contributed by atoms with Crippen molar-refractivity contribution in [3.8, 4) is 0 Å². The van der Waals surface area contributed by atoms with Crippen molar-refractivity contribution in [1.29, 1.82) is 0 Å². The molecule has 0 amide bonds. The fourth-order valence-corrected chi connectivity index (χ4v) is 32.5. The molecule has 0 aliphatic carbocycles. The number of alkyl halides is 2. The SMILES string of the molecule is N[I-]I1[I-]C(N)C(N)C(N)C1N. The van der Waals surface area contributed by atoms with Gasteiger partial charge in [-0.3, -0.25) is 0 Å². The van der Waals surface area contributed by atoms with Crippen molar-refractivity contribution in [1.82, 2.24) is 0 Å². The summed E-state index contributed by atoms with van der Waals surface area (Å²) < 4.78 is 6.03. The molecule has 0 saturated carbocycles. The van der Waals surface area contributed by atoms with Crippen LogP contribution in [0, 0.1) is 0 Å². The number of halogens is 3. The summed E-state index contributed by atoms with van der Waals surface area (Å²) in [6, 6.07) is -0.182. The first-order valence-corrected chi connectivity index (χ1v) is 19.6. The van der Waals surface area contributed by atoms with Crippen LogP contribution in [0.5, 0.6) is 0 Å². The quantitative estimate of drug-likeness (QED) is 0.103. The molecule has 10 N–H and O–H groups in total. The monoisotopic (exact) mass is 513 g/mol. The van der Waals surface area contributed by atoms with Gasteiger partial charge in [-0.2, -0.15) is 0 Å². The van der Waals surface area contributed by atoms with E-state index in [4.69, 9.17) is 26.9 Å². The Balaban J connectivity index is 2.63. The second-order valence-electron chi connectivity index (χ2n) is 2.43. The summed E-state index contributed by atoms with van der Waals surface area (Å²) in [5.74, 6) is 0. The van der Waals surface area contributed by atoms with E-state index in [1.54, 1.807) is 0 Å². The number of rotatable bonds is 1. The molecule has 1 aliphatic rings. The Morgan fingerprint density at radius 3 is 2.17 bits per heavy atom. The Hall–Kier alpha value is 1.99. The normalized spacial score (nSPS) is 47.2. The van der Waals surface area contributed by atoms with Crippen LogP contribution in [0.1, 0.15) is 0 Å². The molecular weight excluding hydrogens is 499 g/mol. The van der Waals surface area contributed by atoms with Crippen LogP contribution < -0.4 is 61.6 Å². The zero-order valence-electron chi connectivity index (χ0n) is 6.33. The van der Waals surface area contributed by atoms with Gasteiger partial charge in [0.05, 0.1) is 0 Å². The van der Waals surface area contributed by atoms with Crippen molar-refractivity contribution in [3.63, 3.8) is 0 Å². The van der Waals surface area contributed by atoms with Crippen molar-refractivity contribution in [3.05, 3.63) is 0 Å². The van der Waals surface area contributed by atoms with Gasteiger partial charge in [0.2, 0.25) is 0 Å². The molecule has 1 rings (SSSR count). The first kappa shape index (κ1) is 12.1. The van der Waals surface area contributed by atoms with Crippen molar-refractivity contribution in [2.45, 2.75) is 20.2 Å². The van der Waals surface area contributed by atoms with Gasteiger partial charge in [-0.15, -0.1) is 0 Å². The Morgan fingerprint density at radius 2 is 1.67 bits per heavy atom. The van der Waals surface area contributed by atoms with Crippen molar-refractivity contribution >= 4 is 11.9 Å². The fourth-order valence-electron chi connectivity index (χ4n) is 0.808. The maximum atomic E-state index is 5.97. The van der Waals surface area contributed by atoms with Crippen molar-refractivity contribution in [2.24, 2.45) is 26.9 Å². The Labute approximate surface area is 92.2 Å². The predicted octanol–water partition coefficient (Wildman–Crippen LogP) is -8.39. The van der Waals surface area contributed by atoms with E-state index in [0.29, 0.717) is 0 Å². The fraction of sp³-hybridized carbons (Fsp3) is 1.00. The summed E-state index contributed by atoms with van der Waals surface area (Å²) >= 11 is -1.24. The molecule has 0 aromatic heterocycles. The molecule has 12 heavy (non-hydrogen) atoms. The van der Waals surface area contributed by atoms with Gasteiger partial charge in [0.15, 0.2) is 0 Å². The molecule has 4 unspecified atom stereocenters. The predicted molar refractivity (Wildman–Crippen MR) is 50.1 cm³/mol. The topological polar surface area (TPSA) is 130 Å². The molecular formula is C4H14I3N5-2. The molecule has 1 saturated heterocycles. The second-order valence-corrected chi connectivity index (χ2v) is 36.1. The third-order valence-corrected chi connectivity index (χ3v) is 38.8. The molecule has 0 aromatic rings. The van der Waals surface area contributed by atoms with E-state index < -0.39 is 11.9 Å². The van der Waals surface area contributed by atoms with E-state index in [1.165, 1.54) is 0 Å². The molecule has 0 radical (unpaired) electrons. The van der Waals surface area contributed by atoms with Gasteiger partial charge >= 0.3 is 93.7 Å². The van der Waals surface area contributed by atoms with Crippen LogP contribution in [0.3, 0.4) is 0 Å². The minimum atomic E-state index is -1.08. The van der Waals surface area contributed by atoms with Gasteiger partial charge in [-0.25, -0.2) is 0 Å². The first-order valence-electron chi connectivity index (χ1n) is 3.27. The molecule has 0 bridgehead atoms. The summed E-state index contributed by atoms with van der Waals surface area (Å²) in [7, 11) is 0. The molecule has 0 spiro atoms. The van der Waals surface area contributed by atoms with Crippen LogP contribution >= 0.6 is 11.9 Å². The Kier molecular flexibility index (Phi) is 5.20. The van der Waals surface area contributed by atoms with Crippen LogP contribution in [0.4, 0.5) is 0 Å². The average molecular weight is 513 g/mol. The molecule has 1 heterocycles. The average Bonchev–Trinajstić information content (AvgIpc) is 2.08. The maximum absolute atomic E-state index is 5.97. The zero-order valence-corrected chi connectivity index (χ0v) is 12.8. The summed E-state index contributed by atoms with van der Waals surface area (Å²) in [6.07, 6.45) is 0. The van der Waals surface area contributed by atoms with Crippen molar-refractivity contribution in [2.75, 3.05) is 0 Å². The van der Waals surface area contributed by atoms with E-state index in [0.717, 1.165) is 0 Å². The molecule has 78 valence electrons. The minimum absolute atomic E-state index is 0.00666. The van der Waals surface area contributed by atoms with Crippen LogP contribution in [-0.2, 0) is 0 Å². The third kappa shape index (κ3) is 2.52. The van der Waals surface area contributed by atoms with Gasteiger partial charge in [-0.1, -0.05) is 0 Å². The van der Waals surface area contributed by atoms with E-state index in [2.05, 4.69) is 0 Å². The van der Waals surface area contributed by atoms with Crippen LogP contribution in [0.15, 0.2) is 0 Å². The van der Waals surface area contributed by atoms with Gasteiger partial charge in [0.1, 0.15) is 0 Å². The number of hydrogen-bond donors (Lipinski definition) is 5. The molecule has 5 nitrogen and oxygen atoms in total. The van der Waals surface area contributed by atoms with Gasteiger partial charge in [0, 0.05) is 0 Å². The molecule has 1 aliphatic heterocycles. The molecule has 8 heteroatoms. The van der Waals surface area contributed by atoms with Crippen LogP contribution in [0.25, 0.3) is 0 Å². The summed E-state index contributed by atoms with van der Waals surface area (Å²) in [4.78, 5) is 0. The number of hydrogen-bond acceptors (Lipinski definition) is 5. The van der Waals surface area contributed by atoms with E-state index in [-0.39, 0.29) is 54.9 Å². The van der Waals surface area contributed by atoms with Gasteiger partial charge in [0.25, 0.3) is 0 Å². The molecule has 0 aromatic carbocycles. The summed E-state index contributed by atoms with van der Waals surface area (Å²) in [5, 5.41) is 0. The Morgan fingerprint density at radius 1 is 1.08 bits per heavy atom. The van der Waals surface area contributed by atoms with Crippen LogP contribution in [0.2, 0.25) is 0 Å². The molecule has 4 atom stereocenters. The van der Waals surface area contributed by atoms with E-state index in [1.807, 2.05) is 0 Å². The van der Waals surface area contributed by atoms with E-state index in [9.17, 15) is 0 Å². The summed E-state index contributed by atoms with van der Waals surface area (Å²) in [5.41, 5.74) is 23.5. The third-order valence-electron chi connectivity index (χ3n) is 1.62. The number of nitrogens with two attached hydrogens (primary N) is 5. The first-order chi connectivity index (χ1) is 5.57. The molecule has 1 fully saturated rings. The standard InChI is InChI=1S/C4H14I3N5/c8-1-2(9)4(11)7(6-12)5-3(1)10/h1-4H,8-12H2/q-2. The van der Waals surface area contributed by atoms with Gasteiger partial charge in [-0.05, 0) is 0 Å². The Bertz CT molecular complexity index is 153.